The first kappa shape index (κ1) is 9.62. The fourth-order valence-electron chi connectivity index (χ4n) is 1.91. The van der Waals surface area contributed by atoms with Gasteiger partial charge in [0.05, 0.1) is 0 Å². The van der Waals surface area contributed by atoms with E-state index in [1.165, 1.54) is 11.6 Å². The van der Waals surface area contributed by atoms with Crippen LogP contribution in [0.1, 0.15) is 17.5 Å². The zero-order chi connectivity index (χ0) is 9.97. The van der Waals surface area contributed by atoms with Gasteiger partial charge in [-0.25, -0.2) is 4.39 Å². The van der Waals surface area contributed by atoms with Gasteiger partial charge in [-0.1, -0.05) is 6.07 Å². The summed E-state index contributed by atoms with van der Waals surface area (Å²) in [4.78, 5) is 0. The van der Waals surface area contributed by atoms with Crippen LogP contribution in [0.4, 0.5) is 4.39 Å². The third kappa shape index (κ3) is 1.94. The zero-order valence-corrected chi connectivity index (χ0v) is 7.96. The molecule has 0 fully saturated rings. The molecule has 2 nitrogen and oxygen atoms in total. The van der Waals surface area contributed by atoms with Crippen molar-refractivity contribution < 1.29 is 9.50 Å². The Morgan fingerprint density at radius 2 is 2.29 bits per heavy atom. The summed E-state index contributed by atoms with van der Waals surface area (Å²) in [6, 6.07) is 5.26. The molecular weight excluding hydrogens is 181 g/mol. The molecule has 0 aliphatic carbocycles. The summed E-state index contributed by atoms with van der Waals surface area (Å²) in [5, 5.41) is 12.1. The molecule has 76 valence electrons. The first-order valence-electron chi connectivity index (χ1n) is 4.91. The summed E-state index contributed by atoms with van der Waals surface area (Å²) < 4.78 is 12.9. The topological polar surface area (TPSA) is 32.3 Å². The number of hydrogen-bond donors (Lipinski definition) is 2. The Bertz CT molecular complexity index is 327. The Balaban J connectivity index is 2.15. The number of aliphatic hydroxyl groups excluding tert-OH is 1. The lowest BCUT2D eigenvalue weighted by Gasteiger charge is -2.25. The van der Waals surface area contributed by atoms with Crippen molar-refractivity contribution in [2.24, 2.45) is 0 Å². The Labute approximate surface area is 82.8 Å². The third-order valence-electron chi connectivity index (χ3n) is 2.69. The number of rotatable bonds is 2. The molecule has 0 amide bonds. The van der Waals surface area contributed by atoms with Gasteiger partial charge in [-0.05, 0) is 36.1 Å². The highest BCUT2D eigenvalue weighted by atomic mass is 19.1. The molecule has 0 radical (unpaired) electrons. The van der Waals surface area contributed by atoms with Gasteiger partial charge in [0.15, 0.2) is 0 Å². The normalized spacial score (nSPS) is 20.6. The maximum atomic E-state index is 12.9. The summed E-state index contributed by atoms with van der Waals surface area (Å²) >= 11 is 0. The van der Waals surface area contributed by atoms with Crippen molar-refractivity contribution in [1.29, 1.82) is 0 Å². The van der Waals surface area contributed by atoms with Crippen LogP contribution >= 0.6 is 0 Å². The second-order valence-electron chi connectivity index (χ2n) is 3.71. The Hall–Kier alpha value is -0.930. The molecule has 2 N–H and O–H groups in total. The SMILES string of the molecule is OCCC1Cc2ccc(F)cc2CN1. The molecule has 14 heavy (non-hydrogen) atoms. The lowest BCUT2D eigenvalue weighted by molar-refractivity contribution is 0.260. The second-order valence-corrected chi connectivity index (χ2v) is 3.71. The Morgan fingerprint density at radius 1 is 1.43 bits per heavy atom. The third-order valence-corrected chi connectivity index (χ3v) is 2.69. The molecule has 0 bridgehead atoms. The van der Waals surface area contributed by atoms with E-state index in [2.05, 4.69) is 5.32 Å². The van der Waals surface area contributed by atoms with E-state index in [-0.39, 0.29) is 12.4 Å². The first-order valence-corrected chi connectivity index (χ1v) is 4.91. The molecule has 0 spiro atoms. The van der Waals surface area contributed by atoms with Crippen molar-refractivity contribution in [2.45, 2.75) is 25.4 Å². The molecule has 1 aromatic rings. The summed E-state index contributed by atoms with van der Waals surface area (Å²) in [6.45, 7) is 0.909. The molecule has 1 heterocycles. The fraction of sp³-hybridized carbons (Fsp3) is 0.455. The summed E-state index contributed by atoms with van der Waals surface area (Å²) in [5.41, 5.74) is 2.24. The van der Waals surface area contributed by atoms with Crippen LogP contribution in [0.25, 0.3) is 0 Å². The molecule has 0 saturated carbocycles. The average molecular weight is 195 g/mol. The number of halogens is 1. The second kappa shape index (κ2) is 4.07. The van der Waals surface area contributed by atoms with Gasteiger partial charge >= 0.3 is 0 Å². The van der Waals surface area contributed by atoms with Crippen molar-refractivity contribution in [3.05, 3.63) is 35.1 Å². The van der Waals surface area contributed by atoms with E-state index in [9.17, 15) is 4.39 Å². The van der Waals surface area contributed by atoms with Gasteiger partial charge in [0.1, 0.15) is 5.82 Å². The zero-order valence-electron chi connectivity index (χ0n) is 7.96. The Morgan fingerprint density at radius 3 is 3.07 bits per heavy atom. The van der Waals surface area contributed by atoms with Crippen LogP contribution in [-0.4, -0.2) is 17.8 Å². The van der Waals surface area contributed by atoms with E-state index in [0.717, 1.165) is 18.4 Å². The highest BCUT2D eigenvalue weighted by Gasteiger charge is 2.17. The average Bonchev–Trinajstić information content (AvgIpc) is 2.19. The van der Waals surface area contributed by atoms with Gasteiger partial charge in [0, 0.05) is 19.2 Å². The van der Waals surface area contributed by atoms with Gasteiger partial charge in [-0.3, -0.25) is 0 Å². The van der Waals surface area contributed by atoms with Crippen LogP contribution in [0.15, 0.2) is 18.2 Å². The highest BCUT2D eigenvalue weighted by Crippen LogP contribution is 2.18. The van der Waals surface area contributed by atoms with Crippen molar-refractivity contribution in [1.82, 2.24) is 5.32 Å². The van der Waals surface area contributed by atoms with Gasteiger partial charge in [-0.15, -0.1) is 0 Å². The van der Waals surface area contributed by atoms with E-state index in [0.29, 0.717) is 12.6 Å². The number of benzene rings is 1. The van der Waals surface area contributed by atoms with Crippen LogP contribution in [0, 0.1) is 5.82 Å². The van der Waals surface area contributed by atoms with Crippen LogP contribution < -0.4 is 5.32 Å². The van der Waals surface area contributed by atoms with Crippen LogP contribution in [0.5, 0.6) is 0 Å². The van der Waals surface area contributed by atoms with Crippen molar-refractivity contribution >= 4 is 0 Å². The maximum Gasteiger partial charge on any atom is 0.123 e. The van der Waals surface area contributed by atoms with E-state index in [4.69, 9.17) is 5.11 Å². The largest absolute Gasteiger partial charge is 0.396 e. The van der Waals surface area contributed by atoms with E-state index < -0.39 is 0 Å². The molecule has 3 heteroatoms. The lowest BCUT2D eigenvalue weighted by atomic mass is 9.94. The van der Waals surface area contributed by atoms with Gasteiger partial charge < -0.3 is 10.4 Å². The minimum atomic E-state index is -0.175. The molecule has 1 aliphatic rings. The van der Waals surface area contributed by atoms with Crippen molar-refractivity contribution in [3.8, 4) is 0 Å². The number of aliphatic hydroxyl groups is 1. The van der Waals surface area contributed by atoms with Crippen molar-refractivity contribution in [2.75, 3.05) is 6.61 Å². The molecular formula is C11H14FNO. The quantitative estimate of drug-likeness (QED) is 0.743. The molecule has 1 atom stereocenters. The first-order chi connectivity index (χ1) is 6.79. The Kier molecular flexibility index (Phi) is 2.79. The van der Waals surface area contributed by atoms with E-state index in [1.54, 1.807) is 6.07 Å². The fourth-order valence-corrected chi connectivity index (χ4v) is 1.91. The van der Waals surface area contributed by atoms with Gasteiger partial charge in [0.2, 0.25) is 0 Å². The monoisotopic (exact) mass is 195 g/mol. The van der Waals surface area contributed by atoms with Crippen LogP contribution in [-0.2, 0) is 13.0 Å². The van der Waals surface area contributed by atoms with Gasteiger partial charge in [0.25, 0.3) is 0 Å². The number of nitrogens with one attached hydrogen (secondary N) is 1. The minimum Gasteiger partial charge on any atom is -0.396 e. The number of hydrogen-bond acceptors (Lipinski definition) is 2. The summed E-state index contributed by atoms with van der Waals surface area (Å²) in [5.74, 6) is -0.175. The van der Waals surface area contributed by atoms with E-state index >= 15 is 0 Å². The van der Waals surface area contributed by atoms with Crippen LogP contribution in [0.2, 0.25) is 0 Å². The van der Waals surface area contributed by atoms with Crippen LogP contribution in [0.3, 0.4) is 0 Å². The molecule has 0 saturated heterocycles. The molecule has 1 aromatic carbocycles. The van der Waals surface area contributed by atoms with Gasteiger partial charge in [-0.2, -0.15) is 0 Å². The highest BCUT2D eigenvalue weighted by molar-refractivity contribution is 5.30. The predicted octanol–water partition coefficient (Wildman–Crippen LogP) is 1.22. The minimum absolute atomic E-state index is 0.175. The summed E-state index contributed by atoms with van der Waals surface area (Å²) in [7, 11) is 0. The van der Waals surface area contributed by atoms with E-state index in [1.807, 2.05) is 6.07 Å². The summed E-state index contributed by atoms with van der Waals surface area (Å²) in [6.07, 6.45) is 1.65. The maximum absolute atomic E-state index is 12.9. The molecule has 0 aromatic heterocycles. The number of fused-ring (bicyclic) bond motifs is 1. The predicted molar refractivity (Wildman–Crippen MR) is 52.4 cm³/mol. The molecule has 1 unspecified atom stereocenters. The molecule has 2 rings (SSSR count). The molecule has 1 aliphatic heterocycles. The standard InChI is InChI=1S/C11H14FNO/c12-10-2-1-8-6-11(3-4-14)13-7-9(8)5-10/h1-2,5,11,13-14H,3-4,6-7H2. The smallest absolute Gasteiger partial charge is 0.123 e. The lowest BCUT2D eigenvalue weighted by Crippen LogP contribution is -2.36. The van der Waals surface area contributed by atoms with Crippen molar-refractivity contribution in [3.63, 3.8) is 0 Å².